The minimum absolute atomic E-state index is 0.0452. The first-order valence-corrected chi connectivity index (χ1v) is 8.04. The first kappa shape index (κ1) is 16.2. The molecule has 24 heavy (non-hydrogen) atoms. The van der Waals surface area contributed by atoms with Crippen LogP contribution in [0.5, 0.6) is 0 Å². The average Bonchev–Trinajstić information content (AvgIpc) is 3.08. The number of amides is 1. The van der Waals surface area contributed by atoms with Crippen LogP contribution in [0.2, 0.25) is 0 Å². The lowest BCUT2D eigenvalue weighted by atomic mass is 9.99. The second-order valence-electron chi connectivity index (χ2n) is 6.43. The van der Waals surface area contributed by atoms with Crippen LogP contribution in [-0.4, -0.2) is 44.8 Å². The summed E-state index contributed by atoms with van der Waals surface area (Å²) in [5, 5.41) is 13.8. The molecule has 1 aromatic heterocycles. The van der Waals surface area contributed by atoms with Gasteiger partial charge in [-0.2, -0.15) is 5.10 Å². The minimum atomic E-state index is -0.841. The lowest BCUT2D eigenvalue weighted by Gasteiger charge is -2.16. The maximum atomic E-state index is 12.9. The zero-order valence-corrected chi connectivity index (χ0v) is 14.1. The first-order chi connectivity index (χ1) is 11.4. The van der Waals surface area contributed by atoms with E-state index in [2.05, 4.69) is 5.10 Å². The zero-order valence-electron chi connectivity index (χ0n) is 14.1. The summed E-state index contributed by atoms with van der Waals surface area (Å²) in [4.78, 5) is 25.8. The largest absolute Gasteiger partial charge is 0.481 e. The number of carbonyl (C=O) groups excluding carboxylic acids is 1. The molecule has 0 unspecified atom stereocenters. The van der Waals surface area contributed by atoms with E-state index in [-0.39, 0.29) is 18.4 Å². The molecule has 6 nitrogen and oxygen atoms in total. The number of likely N-dealkylation sites (tertiary alicyclic amines) is 1. The van der Waals surface area contributed by atoms with Crippen molar-refractivity contribution in [3.8, 4) is 5.69 Å². The molecule has 2 heterocycles. The van der Waals surface area contributed by atoms with E-state index in [0.717, 1.165) is 11.4 Å². The Morgan fingerprint density at radius 2 is 1.83 bits per heavy atom. The first-order valence-electron chi connectivity index (χ1n) is 8.04. The van der Waals surface area contributed by atoms with Crippen molar-refractivity contribution < 1.29 is 14.7 Å². The highest BCUT2D eigenvalue weighted by atomic mass is 16.4. The summed E-state index contributed by atoms with van der Waals surface area (Å²) in [6.07, 6.45) is 0. The number of carboxylic acids is 1. The molecule has 0 bridgehead atoms. The number of hydrogen-bond acceptors (Lipinski definition) is 3. The number of benzene rings is 1. The molecule has 0 spiro atoms. The molecule has 0 radical (unpaired) electrons. The number of carbonyl (C=O) groups is 2. The molecular formula is C18H21N3O3. The quantitative estimate of drug-likeness (QED) is 0.938. The third-order valence-electron chi connectivity index (χ3n) is 4.72. The number of rotatable bonds is 3. The summed E-state index contributed by atoms with van der Waals surface area (Å²) in [5.74, 6) is -1.52. The van der Waals surface area contributed by atoms with Crippen LogP contribution in [0, 0.1) is 25.7 Å². The fourth-order valence-corrected chi connectivity index (χ4v) is 3.38. The second kappa shape index (κ2) is 6.11. The van der Waals surface area contributed by atoms with E-state index in [1.165, 1.54) is 0 Å². The molecule has 3 rings (SSSR count). The van der Waals surface area contributed by atoms with Crippen LogP contribution in [0.25, 0.3) is 5.69 Å². The highest BCUT2D eigenvalue weighted by molar-refractivity contribution is 5.97. The number of hydrogen-bond donors (Lipinski definition) is 1. The van der Waals surface area contributed by atoms with Crippen LogP contribution in [0.15, 0.2) is 30.3 Å². The van der Waals surface area contributed by atoms with Crippen LogP contribution in [0.1, 0.15) is 28.7 Å². The van der Waals surface area contributed by atoms with E-state index in [9.17, 15) is 14.7 Å². The second-order valence-corrected chi connectivity index (χ2v) is 6.43. The Balaban J connectivity index is 1.92. The Kier molecular flexibility index (Phi) is 4.13. The van der Waals surface area contributed by atoms with Crippen molar-refractivity contribution in [1.82, 2.24) is 14.7 Å². The van der Waals surface area contributed by atoms with Crippen molar-refractivity contribution in [1.29, 1.82) is 0 Å². The van der Waals surface area contributed by atoms with Crippen LogP contribution in [-0.2, 0) is 4.79 Å². The van der Waals surface area contributed by atoms with Crippen LogP contribution >= 0.6 is 0 Å². The molecule has 1 aliphatic heterocycles. The molecule has 126 valence electrons. The summed E-state index contributed by atoms with van der Waals surface area (Å²) in [5.41, 5.74) is 2.90. The summed E-state index contributed by atoms with van der Waals surface area (Å²) >= 11 is 0. The molecule has 1 fully saturated rings. The zero-order chi connectivity index (χ0) is 17.4. The van der Waals surface area contributed by atoms with E-state index in [4.69, 9.17) is 0 Å². The van der Waals surface area contributed by atoms with Gasteiger partial charge in [0, 0.05) is 13.1 Å². The van der Waals surface area contributed by atoms with Crippen molar-refractivity contribution >= 4 is 11.9 Å². The Morgan fingerprint density at radius 1 is 1.17 bits per heavy atom. The van der Waals surface area contributed by atoms with E-state index < -0.39 is 11.9 Å². The third kappa shape index (κ3) is 2.68. The molecule has 2 atom stereocenters. The minimum Gasteiger partial charge on any atom is -0.481 e. The highest BCUT2D eigenvalue weighted by Crippen LogP contribution is 2.27. The van der Waals surface area contributed by atoms with Gasteiger partial charge in [0.05, 0.1) is 28.6 Å². The van der Waals surface area contributed by atoms with Gasteiger partial charge in [0.1, 0.15) is 0 Å². The molecule has 6 heteroatoms. The number of carboxylic acid groups (broad SMARTS) is 1. The maximum absolute atomic E-state index is 12.9. The summed E-state index contributed by atoms with van der Waals surface area (Å²) in [6, 6.07) is 9.65. The van der Waals surface area contributed by atoms with Crippen LogP contribution < -0.4 is 0 Å². The Hall–Kier alpha value is -2.63. The maximum Gasteiger partial charge on any atom is 0.308 e. The van der Waals surface area contributed by atoms with Gasteiger partial charge in [-0.05, 0) is 31.9 Å². The van der Waals surface area contributed by atoms with E-state index in [1.54, 1.807) is 9.58 Å². The van der Waals surface area contributed by atoms with Gasteiger partial charge < -0.3 is 10.0 Å². The number of aliphatic carboxylic acids is 1. The van der Waals surface area contributed by atoms with Crippen molar-refractivity contribution in [2.75, 3.05) is 13.1 Å². The predicted molar refractivity (Wildman–Crippen MR) is 89.2 cm³/mol. The summed E-state index contributed by atoms with van der Waals surface area (Å²) in [6.45, 7) is 6.28. The van der Waals surface area contributed by atoms with Crippen molar-refractivity contribution in [2.45, 2.75) is 20.8 Å². The van der Waals surface area contributed by atoms with Crippen molar-refractivity contribution in [3.05, 3.63) is 47.3 Å². The van der Waals surface area contributed by atoms with Gasteiger partial charge in [-0.15, -0.1) is 0 Å². The number of para-hydroxylation sites is 1. The van der Waals surface area contributed by atoms with E-state index >= 15 is 0 Å². The Labute approximate surface area is 140 Å². The molecule has 2 aromatic rings. The molecule has 1 aromatic carbocycles. The summed E-state index contributed by atoms with van der Waals surface area (Å²) < 4.78 is 1.76. The molecule has 1 saturated heterocycles. The SMILES string of the molecule is Cc1nn(-c2ccccc2)c(C)c1C(=O)N1C[C@@H](C)[C@H](C(=O)O)C1. The number of nitrogens with zero attached hydrogens (tertiary/aromatic N) is 3. The number of aromatic nitrogens is 2. The monoisotopic (exact) mass is 327 g/mol. The van der Waals surface area contributed by atoms with E-state index in [0.29, 0.717) is 17.8 Å². The normalized spacial score (nSPS) is 20.4. The molecular weight excluding hydrogens is 306 g/mol. The smallest absolute Gasteiger partial charge is 0.308 e. The standard InChI is InChI=1S/C18H21N3O3/c1-11-9-20(10-15(11)18(23)24)17(22)16-12(2)19-21(13(16)3)14-7-5-4-6-8-14/h4-8,11,15H,9-10H2,1-3H3,(H,23,24)/t11-,15-/m1/s1. The fourth-order valence-electron chi connectivity index (χ4n) is 3.38. The molecule has 1 aliphatic rings. The van der Waals surface area contributed by atoms with Gasteiger partial charge in [-0.1, -0.05) is 25.1 Å². The van der Waals surface area contributed by atoms with E-state index in [1.807, 2.05) is 51.1 Å². The van der Waals surface area contributed by atoms with Gasteiger partial charge in [0.25, 0.3) is 5.91 Å². The predicted octanol–water partition coefficient (Wildman–Crippen LogP) is 2.28. The molecule has 0 aliphatic carbocycles. The van der Waals surface area contributed by atoms with Gasteiger partial charge in [0.2, 0.25) is 0 Å². The lowest BCUT2D eigenvalue weighted by Crippen LogP contribution is -2.30. The van der Waals surface area contributed by atoms with Crippen LogP contribution in [0.4, 0.5) is 0 Å². The Bertz CT molecular complexity index is 782. The van der Waals surface area contributed by atoms with Crippen LogP contribution in [0.3, 0.4) is 0 Å². The topological polar surface area (TPSA) is 75.4 Å². The third-order valence-corrected chi connectivity index (χ3v) is 4.72. The highest BCUT2D eigenvalue weighted by Gasteiger charge is 2.38. The molecule has 0 saturated carbocycles. The van der Waals surface area contributed by atoms with Gasteiger partial charge in [-0.3, -0.25) is 9.59 Å². The van der Waals surface area contributed by atoms with Gasteiger partial charge >= 0.3 is 5.97 Å². The Morgan fingerprint density at radius 3 is 2.42 bits per heavy atom. The average molecular weight is 327 g/mol. The molecule has 1 amide bonds. The van der Waals surface area contributed by atoms with Crippen molar-refractivity contribution in [2.24, 2.45) is 11.8 Å². The van der Waals surface area contributed by atoms with Crippen molar-refractivity contribution in [3.63, 3.8) is 0 Å². The molecule has 1 N–H and O–H groups in total. The van der Waals surface area contributed by atoms with Gasteiger partial charge in [0.15, 0.2) is 0 Å². The fraction of sp³-hybridized carbons (Fsp3) is 0.389. The van der Waals surface area contributed by atoms with Gasteiger partial charge in [-0.25, -0.2) is 4.68 Å². The number of aryl methyl sites for hydroxylation is 1. The lowest BCUT2D eigenvalue weighted by molar-refractivity contribution is -0.142. The summed E-state index contributed by atoms with van der Waals surface area (Å²) in [7, 11) is 0.